The summed E-state index contributed by atoms with van der Waals surface area (Å²) in [5.41, 5.74) is 9.88. The lowest BCUT2D eigenvalue weighted by Gasteiger charge is -2.19. The molecule has 2 aromatic carbocycles. The minimum atomic E-state index is -0.157. The molecule has 0 spiro atoms. The Hall–Kier alpha value is -1.80. The van der Waals surface area contributed by atoms with Gasteiger partial charge in [0.2, 0.25) is 0 Å². The topological polar surface area (TPSA) is 35.2 Å². The van der Waals surface area contributed by atoms with Gasteiger partial charge < -0.3 is 10.5 Å². The largest absolute Gasteiger partial charge is 0.491 e. The molecule has 106 valence electrons. The van der Waals surface area contributed by atoms with E-state index in [1.807, 2.05) is 38.1 Å². The van der Waals surface area contributed by atoms with E-state index in [1.54, 1.807) is 0 Å². The fraction of sp³-hybridized carbons (Fsp3) is 0.333. The van der Waals surface area contributed by atoms with Crippen molar-refractivity contribution < 1.29 is 4.74 Å². The van der Waals surface area contributed by atoms with Gasteiger partial charge in [0.05, 0.1) is 12.1 Å². The van der Waals surface area contributed by atoms with E-state index in [9.17, 15) is 0 Å². The average Bonchev–Trinajstić information content (AvgIpc) is 2.46. The lowest BCUT2D eigenvalue weighted by molar-refractivity contribution is 0.239. The van der Waals surface area contributed by atoms with Gasteiger partial charge >= 0.3 is 0 Å². The first-order valence-electron chi connectivity index (χ1n) is 7.21. The molecule has 0 heterocycles. The molecule has 0 saturated carbocycles. The lowest BCUT2D eigenvalue weighted by atomic mass is 9.97. The minimum absolute atomic E-state index is 0.144. The normalized spacial score (nSPS) is 12.4. The Bertz CT molecular complexity index is 546. The van der Waals surface area contributed by atoms with Crippen LogP contribution >= 0.6 is 0 Å². The average molecular weight is 269 g/mol. The molecule has 0 saturated heterocycles. The molecule has 20 heavy (non-hydrogen) atoms. The summed E-state index contributed by atoms with van der Waals surface area (Å²) in [5.74, 6) is 0.870. The summed E-state index contributed by atoms with van der Waals surface area (Å²) in [5, 5.41) is 0. The van der Waals surface area contributed by atoms with Crippen LogP contribution in [0.4, 0.5) is 0 Å². The summed E-state index contributed by atoms with van der Waals surface area (Å²) in [6, 6.07) is 16.3. The van der Waals surface area contributed by atoms with Gasteiger partial charge in [-0.15, -0.1) is 0 Å². The second kappa shape index (κ2) is 6.58. The second-order valence-corrected chi connectivity index (χ2v) is 5.28. The number of rotatable bonds is 5. The molecular formula is C18H23NO. The first-order chi connectivity index (χ1) is 9.61. The number of para-hydroxylation sites is 1. The van der Waals surface area contributed by atoms with Crippen LogP contribution in [0.15, 0.2) is 48.5 Å². The van der Waals surface area contributed by atoms with Crippen LogP contribution in [0.1, 0.15) is 43.5 Å². The summed E-state index contributed by atoms with van der Waals surface area (Å²) in [4.78, 5) is 0. The number of ether oxygens (including phenoxy) is 1. The maximum absolute atomic E-state index is 6.40. The molecule has 0 aromatic heterocycles. The zero-order valence-corrected chi connectivity index (χ0v) is 12.5. The van der Waals surface area contributed by atoms with E-state index in [4.69, 9.17) is 10.5 Å². The van der Waals surface area contributed by atoms with Crippen LogP contribution < -0.4 is 10.5 Å². The summed E-state index contributed by atoms with van der Waals surface area (Å²) in [6.45, 7) is 6.21. The zero-order chi connectivity index (χ0) is 14.5. The molecule has 0 aliphatic heterocycles. The van der Waals surface area contributed by atoms with E-state index < -0.39 is 0 Å². The maximum Gasteiger partial charge on any atom is 0.124 e. The third-order valence-electron chi connectivity index (χ3n) is 3.36. The molecule has 2 heteroatoms. The van der Waals surface area contributed by atoms with E-state index in [1.165, 1.54) is 5.56 Å². The number of hydrogen-bond donors (Lipinski definition) is 1. The number of nitrogens with two attached hydrogens (primary N) is 1. The van der Waals surface area contributed by atoms with Crippen molar-refractivity contribution in [1.82, 2.24) is 0 Å². The molecule has 0 bridgehead atoms. The molecule has 0 amide bonds. The quantitative estimate of drug-likeness (QED) is 0.887. The number of benzene rings is 2. The molecule has 2 nitrogen and oxygen atoms in total. The Morgan fingerprint density at radius 3 is 2.25 bits per heavy atom. The van der Waals surface area contributed by atoms with E-state index in [0.717, 1.165) is 23.3 Å². The fourth-order valence-corrected chi connectivity index (χ4v) is 2.24. The molecule has 0 aliphatic rings. The van der Waals surface area contributed by atoms with Crippen molar-refractivity contribution in [3.63, 3.8) is 0 Å². The van der Waals surface area contributed by atoms with Crippen molar-refractivity contribution in [2.45, 2.75) is 39.3 Å². The molecule has 0 radical (unpaired) electrons. The highest BCUT2D eigenvalue weighted by atomic mass is 16.5. The molecule has 2 rings (SSSR count). The van der Waals surface area contributed by atoms with Crippen LogP contribution in [0.25, 0.3) is 0 Å². The zero-order valence-electron chi connectivity index (χ0n) is 12.5. The van der Waals surface area contributed by atoms with Crippen molar-refractivity contribution in [1.29, 1.82) is 0 Å². The Labute approximate surface area is 121 Å². The van der Waals surface area contributed by atoms with Crippen LogP contribution in [-0.4, -0.2) is 6.10 Å². The molecule has 0 aliphatic carbocycles. The highest BCUT2D eigenvalue weighted by molar-refractivity contribution is 5.41. The second-order valence-electron chi connectivity index (χ2n) is 5.28. The Morgan fingerprint density at radius 1 is 1.00 bits per heavy atom. The summed E-state index contributed by atoms with van der Waals surface area (Å²) >= 11 is 0. The van der Waals surface area contributed by atoms with Crippen LogP contribution in [0, 0.1) is 0 Å². The summed E-state index contributed by atoms with van der Waals surface area (Å²) in [6.07, 6.45) is 1.19. The Morgan fingerprint density at radius 2 is 1.65 bits per heavy atom. The standard InChI is InChI=1S/C18H23NO/c1-4-14-9-11-15(12-10-14)18(19)16-7-5-6-8-17(16)20-13(2)3/h5-13,18H,4,19H2,1-3H3. The number of aryl methyl sites for hydroxylation is 1. The minimum Gasteiger partial charge on any atom is -0.491 e. The Balaban J connectivity index is 2.29. The lowest BCUT2D eigenvalue weighted by Crippen LogP contribution is -2.15. The summed E-state index contributed by atoms with van der Waals surface area (Å²) < 4.78 is 5.85. The van der Waals surface area contributed by atoms with E-state index in [0.29, 0.717) is 0 Å². The van der Waals surface area contributed by atoms with Crippen molar-refractivity contribution >= 4 is 0 Å². The van der Waals surface area contributed by atoms with E-state index in [2.05, 4.69) is 31.2 Å². The smallest absolute Gasteiger partial charge is 0.124 e. The monoisotopic (exact) mass is 269 g/mol. The SMILES string of the molecule is CCc1ccc(C(N)c2ccccc2OC(C)C)cc1. The van der Waals surface area contributed by atoms with Gasteiger partial charge in [-0.3, -0.25) is 0 Å². The third kappa shape index (κ3) is 3.40. The fourth-order valence-electron chi connectivity index (χ4n) is 2.24. The van der Waals surface area contributed by atoms with Crippen molar-refractivity contribution in [3.8, 4) is 5.75 Å². The van der Waals surface area contributed by atoms with Gasteiger partial charge in [0, 0.05) is 5.56 Å². The van der Waals surface area contributed by atoms with Gasteiger partial charge in [-0.05, 0) is 37.5 Å². The van der Waals surface area contributed by atoms with Crippen molar-refractivity contribution in [2.75, 3.05) is 0 Å². The van der Waals surface area contributed by atoms with Crippen molar-refractivity contribution in [3.05, 3.63) is 65.2 Å². The van der Waals surface area contributed by atoms with E-state index >= 15 is 0 Å². The van der Waals surface area contributed by atoms with Crippen LogP contribution in [0.2, 0.25) is 0 Å². The van der Waals surface area contributed by atoms with Crippen LogP contribution in [-0.2, 0) is 6.42 Å². The molecule has 1 atom stereocenters. The molecule has 2 aromatic rings. The first kappa shape index (κ1) is 14.6. The maximum atomic E-state index is 6.40. The highest BCUT2D eigenvalue weighted by Gasteiger charge is 2.14. The summed E-state index contributed by atoms with van der Waals surface area (Å²) in [7, 11) is 0. The molecule has 2 N–H and O–H groups in total. The number of hydrogen-bond acceptors (Lipinski definition) is 2. The van der Waals surface area contributed by atoms with Gasteiger partial charge in [0.1, 0.15) is 5.75 Å². The van der Waals surface area contributed by atoms with Gasteiger partial charge in [0.25, 0.3) is 0 Å². The predicted molar refractivity (Wildman–Crippen MR) is 84.1 cm³/mol. The Kier molecular flexibility index (Phi) is 4.80. The molecule has 1 unspecified atom stereocenters. The molecule has 0 fully saturated rings. The van der Waals surface area contributed by atoms with Crippen molar-refractivity contribution in [2.24, 2.45) is 5.73 Å². The van der Waals surface area contributed by atoms with Crippen LogP contribution in [0.3, 0.4) is 0 Å². The predicted octanol–water partition coefficient (Wildman–Crippen LogP) is 4.08. The third-order valence-corrected chi connectivity index (χ3v) is 3.36. The van der Waals surface area contributed by atoms with Gasteiger partial charge in [-0.25, -0.2) is 0 Å². The highest BCUT2D eigenvalue weighted by Crippen LogP contribution is 2.29. The first-order valence-corrected chi connectivity index (χ1v) is 7.21. The molecular weight excluding hydrogens is 246 g/mol. The van der Waals surface area contributed by atoms with Crippen LogP contribution in [0.5, 0.6) is 5.75 Å². The van der Waals surface area contributed by atoms with Gasteiger partial charge in [-0.2, -0.15) is 0 Å². The van der Waals surface area contributed by atoms with Gasteiger partial charge in [-0.1, -0.05) is 49.4 Å². The van der Waals surface area contributed by atoms with Gasteiger partial charge in [0.15, 0.2) is 0 Å². The van der Waals surface area contributed by atoms with E-state index in [-0.39, 0.29) is 12.1 Å².